The Hall–Kier alpha value is -1.69. The molecular formula is C20H21BrClFN2O. The number of piperazine rings is 1. The van der Waals surface area contributed by atoms with Crippen LogP contribution in [0.4, 0.5) is 4.39 Å². The Morgan fingerprint density at radius 2 is 1.69 bits per heavy atom. The van der Waals surface area contributed by atoms with E-state index in [9.17, 15) is 9.18 Å². The van der Waals surface area contributed by atoms with Gasteiger partial charge in [-0.15, -0.1) is 12.4 Å². The highest BCUT2D eigenvalue weighted by atomic mass is 79.9. The molecule has 1 fully saturated rings. The first-order valence-electron chi connectivity index (χ1n) is 8.30. The van der Waals surface area contributed by atoms with E-state index in [4.69, 9.17) is 0 Å². The topological polar surface area (TPSA) is 23.6 Å². The van der Waals surface area contributed by atoms with E-state index >= 15 is 0 Å². The van der Waals surface area contributed by atoms with E-state index in [1.807, 2.05) is 47.4 Å². The van der Waals surface area contributed by atoms with Gasteiger partial charge in [0.1, 0.15) is 5.82 Å². The van der Waals surface area contributed by atoms with Crippen LogP contribution in [0.25, 0.3) is 6.08 Å². The van der Waals surface area contributed by atoms with E-state index < -0.39 is 0 Å². The van der Waals surface area contributed by atoms with Gasteiger partial charge in [-0.3, -0.25) is 9.69 Å². The second-order valence-corrected chi connectivity index (χ2v) is 6.94. The number of hydrogen-bond acceptors (Lipinski definition) is 2. The Balaban J connectivity index is 0.00000243. The minimum Gasteiger partial charge on any atom is -0.337 e. The quantitative estimate of drug-likeness (QED) is 0.661. The summed E-state index contributed by atoms with van der Waals surface area (Å²) in [7, 11) is 0. The van der Waals surface area contributed by atoms with Crippen molar-refractivity contribution in [2.45, 2.75) is 6.54 Å². The summed E-state index contributed by atoms with van der Waals surface area (Å²) in [5.41, 5.74) is 2.08. The van der Waals surface area contributed by atoms with Crippen LogP contribution in [-0.4, -0.2) is 41.9 Å². The van der Waals surface area contributed by atoms with E-state index in [-0.39, 0.29) is 24.1 Å². The fraction of sp³-hybridized carbons (Fsp3) is 0.250. The van der Waals surface area contributed by atoms with Crippen molar-refractivity contribution in [1.29, 1.82) is 0 Å². The zero-order valence-electron chi connectivity index (χ0n) is 14.3. The van der Waals surface area contributed by atoms with Crippen LogP contribution in [0.15, 0.2) is 59.1 Å². The van der Waals surface area contributed by atoms with Crippen molar-refractivity contribution in [3.63, 3.8) is 0 Å². The third kappa shape index (κ3) is 5.66. The van der Waals surface area contributed by atoms with Crippen molar-refractivity contribution in [2.24, 2.45) is 0 Å². The average Bonchev–Trinajstić information content (AvgIpc) is 2.63. The van der Waals surface area contributed by atoms with Gasteiger partial charge in [0, 0.05) is 43.3 Å². The van der Waals surface area contributed by atoms with E-state index in [0.717, 1.165) is 35.2 Å². The zero-order chi connectivity index (χ0) is 17.6. The lowest BCUT2D eigenvalue weighted by Crippen LogP contribution is -2.47. The summed E-state index contributed by atoms with van der Waals surface area (Å²) in [4.78, 5) is 16.5. The summed E-state index contributed by atoms with van der Waals surface area (Å²) in [6, 6.07) is 14.4. The molecule has 3 nitrogen and oxygen atoms in total. The van der Waals surface area contributed by atoms with Crippen molar-refractivity contribution in [1.82, 2.24) is 9.80 Å². The maximum absolute atomic E-state index is 13.0. The molecule has 138 valence electrons. The van der Waals surface area contributed by atoms with Crippen LogP contribution < -0.4 is 0 Å². The number of carbonyl (C=O) groups is 1. The van der Waals surface area contributed by atoms with Crippen LogP contribution >= 0.6 is 28.3 Å². The van der Waals surface area contributed by atoms with E-state index in [1.165, 1.54) is 12.1 Å². The summed E-state index contributed by atoms with van der Waals surface area (Å²) in [5, 5.41) is 0. The SMILES string of the molecule is Cl.O=C(/C=C/c1ccccc1Br)N1CCN(Cc2ccc(F)cc2)CC1. The molecule has 3 rings (SSSR count). The minimum absolute atomic E-state index is 0. The highest BCUT2D eigenvalue weighted by molar-refractivity contribution is 9.10. The third-order valence-corrected chi connectivity index (χ3v) is 5.04. The second-order valence-electron chi connectivity index (χ2n) is 6.08. The van der Waals surface area contributed by atoms with Gasteiger partial charge in [-0.1, -0.05) is 46.3 Å². The standard InChI is InChI=1S/C20H20BrFN2O.ClH/c21-19-4-2-1-3-17(19)7-10-20(25)24-13-11-23(12-14-24)15-16-5-8-18(22)9-6-16;/h1-10H,11-15H2;1H/b10-7+;. The van der Waals surface area contributed by atoms with Crippen molar-refractivity contribution in [3.8, 4) is 0 Å². The summed E-state index contributed by atoms with van der Waals surface area (Å²) >= 11 is 3.48. The molecule has 1 heterocycles. The van der Waals surface area contributed by atoms with Gasteiger partial charge >= 0.3 is 0 Å². The molecule has 0 unspecified atom stereocenters. The van der Waals surface area contributed by atoms with Gasteiger partial charge in [0.05, 0.1) is 0 Å². The number of amides is 1. The van der Waals surface area contributed by atoms with E-state index in [1.54, 1.807) is 6.08 Å². The predicted octanol–water partition coefficient (Wildman–Crippen LogP) is 4.37. The van der Waals surface area contributed by atoms with Gasteiger partial charge in [0.2, 0.25) is 5.91 Å². The lowest BCUT2D eigenvalue weighted by molar-refractivity contribution is -0.127. The highest BCUT2D eigenvalue weighted by Crippen LogP contribution is 2.17. The van der Waals surface area contributed by atoms with Crippen molar-refractivity contribution < 1.29 is 9.18 Å². The second kappa shape index (κ2) is 9.86. The first-order chi connectivity index (χ1) is 12.1. The molecule has 2 aromatic rings. The van der Waals surface area contributed by atoms with Crippen LogP contribution in [0.1, 0.15) is 11.1 Å². The number of nitrogens with zero attached hydrogens (tertiary/aromatic N) is 2. The summed E-state index contributed by atoms with van der Waals surface area (Å²) < 4.78 is 13.9. The molecule has 1 aliphatic rings. The zero-order valence-corrected chi connectivity index (χ0v) is 16.7. The van der Waals surface area contributed by atoms with Crippen LogP contribution in [0.2, 0.25) is 0 Å². The van der Waals surface area contributed by atoms with Gasteiger partial charge in [-0.05, 0) is 35.4 Å². The molecule has 1 saturated heterocycles. The van der Waals surface area contributed by atoms with Gasteiger partial charge in [-0.25, -0.2) is 4.39 Å². The smallest absolute Gasteiger partial charge is 0.246 e. The molecule has 1 amide bonds. The largest absolute Gasteiger partial charge is 0.337 e. The Labute approximate surface area is 168 Å². The molecule has 2 aromatic carbocycles. The van der Waals surface area contributed by atoms with E-state index in [0.29, 0.717) is 13.1 Å². The number of benzene rings is 2. The highest BCUT2D eigenvalue weighted by Gasteiger charge is 2.19. The molecule has 0 bridgehead atoms. The monoisotopic (exact) mass is 438 g/mol. The number of hydrogen-bond donors (Lipinski definition) is 0. The number of rotatable bonds is 4. The van der Waals surface area contributed by atoms with Gasteiger partial charge < -0.3 is 4.90 Å². The molecule has 26 heavy (non-hydrogen) atoms. The van der Waals surface area contributed by atoms with Crippen molar-refractivity contribution in [3.05, 3.63) is 76.0 Å². The molecule has 0 N–H and O–H groups in total. The van der Waals surface area contributed by atoms with Crippen LogP contribution in [0.3, 0.4) is 0 Å². The molecule has 0 radical (unpaired) electrons. The molecule has 6 heteroatoms. The molecular weight excluding hydrogens is 419 g/mol. The van der Waals surface area contributed by atoms with Crippen LogP contribution in [0.5, 0.6) is 0 Å². The van der Waals surface area contributed by atoms with E-state index in [2.05, 4.69) is 20.8 Å². The first-order valence-corrected chi connectivity index (χ1v) is 9.09. The van der Waals surface area contributed by atoms with Crippen molar-refractivity contribution >= 4 is 40.3 Å². The molecule has 0 atom stereocenters. The Kier molecular flexibility index (Phi) is 7.82. The first kappa shape index (κ1) is 20.6. The van der Waals surface area contributed by atoms with Crippen LogP contribution in [-0.2, 0) is 11.3 Å². The van der Waals surface area contributed by atoms with Crippen LogP contribution in [0, 0.1) is 5.82 Å². The van der Waals surface area contributed by atoms with Crippen molar-refractivity contribution in [2.75, 3.05) is 26.2 Å². The lowest BCUT2D eigenvalue weighted by Gasteiger charge is -2.34. The predicted molar refractivity (Wildman–Crippen MR) is 109 cm³/mol. The third-order valence-electron chi connectivity index (χ3n) is 4.31. The normalized spacial score (nSPS) is 15.1. The Bertz CT molecular complexity index is 759. The number of halogens is 3. The summed E-state index contributed by atoms with van der Waals surface area (Å²) in [5.74, 6) is -0.173. The molecule has 1 aliphatic heterocycles. The Morgan fingerprint density at radius 3 is 2.35 bits per heavy atom. The fourth-order valence-corrected chi connectivity index (χ4v) is 3.27. The van der Waals surface area contributed by atoms with Gasteiger partial charge in [0.25, 0.3) is 0 Å². The Morgan fingerprint density at radius 1 is 1.04 bits per heavy atom. The molecule has 0 aromatic heterocycles. The molecule has 0 spiro atoms. The average molecular weight is 440 g/mol. The fourth-order valence-electron chi connectivity index (χ4n) is 2.85. The maximum Gasteiger partial charge on any atom is 0.246 e. The lowest BCUT2D eigenvalue weighted by atomic mass is 10.2. The number of carbonyl (C=O) groups excluding carboxylic acids is 1. The van der Waals surface area contributed by atoms with Gasteiger partial charge in [0.15, 0.2) is 0 Å². The molecule has 0 saturated carbocycles. The maximum atomic E-state index is 13.0. The minimum atomic E-state index is -0.212. The van der Waals surface area contributed by atoms with Gasteiger partial charge in [-0.2, -0.15) is 0 Å². The summed E-state index contributed by atoms with van der Waals surface area (Å²) in [6.45, 7) is 3.85. The summed E-state index contributed by atoms with van der Waals surface area (Å²) in [6.07, 6.45) is 3.48. The molecule has 0 aliphatic carbocycles.